The van der Waals surface area contributed by atoms with Gasteiger partial charge < -0.3 is 15.6 Å². The monoisotopic (exact) mass is 319 g/mol. The molecule has 2 aromatic rings. The zero-order valence-corrected chi connectivity index (χ0v) is 13.3. The number of nitrogens with zero attached hydrogens (tertiary/aromatic N) is 5. The number of nitrogens with two attached hydrogens (primary N) is 1. The van der Waals surface area contributed by atoms with Gasteiger partial charge in [0.15, 0.2) is 11.5 Å². The van der Waals surface area contributed by atoms with Gasteiger partial charge in [0.05, 0.1) is 12.2 Å². The van der Waals surface area contributed by atoms with E-state index in [0.717, 1.165) is 25.7 Å². The summed E-state index contributed by atoms with van der Waals surface area (Å²) < 4.78 is 6.81. The maximum atomic E-state index is 12.2. The van der Waals surface area contributed by atoms with Crippen molar-refractivity contribution in [3.05, 3.63) is 23.6 Å². The minimum atomic E-state index is -0.387. The molecule has 0 spiro atoms. The molecule has 1 aliphatic rings. The Balaban J connectivity index is 1.62. The Bertz CT molecular complexity index is 672. The van der Waals surface area contributed by atoms with E-state index in [1.807, 2.05) is 0 Å². The van der Waals surface area contributed by atoms with Crippen molar-refractivity contribution in [2.75, 3.05) is 0 Å². The Labute approximate surface area is 133 Å². The third-order valence-corrected chi connectivity index (χ3v) is 4.12. The molecule has 0 saturated heterocycles. The molecule has 0 aliphatic heterocycles. The minimum absolute atomic E-state index is 0.264. The van der Waals surface area contributed by atoms with Gasteiger partial charge in [-0.2, -0.15) is 4.98 Å². The van der Waals surface area contributed by atoms with E-state index in [1.165, 1.54) is 0 Å². The maximum Gasteiger partial charge on any atom is 0.274 e. The van der Waals surface area contributed by atoms with E-state index in [1.54, 1.807) is 24.7 Å². The van der Waals surface area contributed by atoms with Gasteiger partial charge in [0.25, 0.3) is 5.91 Å². The van der Waals surface area contributed by atoms with Gasteiger partial charge in [0, 0.05) is 6.04 Å². The van der Waals surface area contributed by atoms with Crippen LogP contribution in [0.25, 0.3) is 0 Å². The van der Waals surface area contributed by atoms with Crippen LogP contribution in [-0.4, -0.2) is 37.1 Å². The highest BCUT2D eigenvalue weighted by Crippen LogP contribution is 2.26. The van der Waals surface area contributed by atoms with Crippen molar-refractivity contribution < 1.29 is 9.32 Å². The maximum absolute atomic E-state index is 12.2. The van der Waals surface area contributed by atoms with E-state index in [4.69, 9.17) is 10.3 Å². The fourth-order valence-corrected chi connectivity index (χ4v) is 2.75. The molecule has 1 fully saturated rings. The van der Waals surface area contributed by atoms with Crippen LogP contribution in [0, 0.1) is 6.92 Å². The molecule has 0 radical (unpaired) electrons. The van der Waals surface area contributed by atoms with Gasteiger partial charge in [-0.1, -0.05) is 10.4 Å². The summed E-state index contributed by atoms with van der Waals surface area (Å²) in [7, 11) is 0. The first kappa shape index (κ1) is 15.6. The van der Waals surface area contributed by atoms with Crippen LogP contribution in [0.4, 0.5) is 0 Å². The summed E-state index contributed by atoms with van der Waals surface area (Å²) in [6, 6.07) is 0.151. The topological polar surface area (TPSA) is 125 Å². The molecule has 0 bridgehead atoms. The van der Waals surface area contributed by atoms with Gasteiger partial charge in [-0.15, -0.1) is 5.10 Å². The standard InChI is InChI=1S/C14H21N7O2/c1-8(14-17-9(2)19-23-14)16-13(22)12-7-21(20-18-12)11-5-3-10(15)4-6-11/h7-8,10-11H,3-6,15H2,1-2H3,(H,16,22)/t8-,10?,11?/m0/s1. The fraction of sp³-hybridized carbons (Fsp3) is 0.643. The van der Waals surface area contributed by atoms with Crippen molar-refractivity contribution in [3.8, 4) is 0 Å². The molecule has 9 nitrogen and oxygen atoms in total. The average molecular weight is 319 g/mol. The van der Waals surface area contributed by atoms with E-state index in [-0.39, 0.29) is 29.7 Å². The number of aryl methyl sites for hydroxylation is 1. The Kier molecular flexibility index (Phi) is 4.37. The van der Waals surface area contributed by atoms with Crippen molar-refractivity contribution >= 4 is 5.91 Å². The van der Waals surface area contributed by atoms with Crippen LogP contribution in [0.2, 0.25) is 0 Å². The van der Waals surface area contributed by atoms with Crippen molar-refractivity contribution in [1.29, 1.82) is 0 Å². The molecule has 3 rings (SSSR count). The van der Waals surface area contributed by atoms with E-state index in [9.17, 15) is 4.79 Å². The van der Waals surface area contributed by atoms with Gasteiger partial charge in [0.2, 0.25) is 5.89 Å². The lowest BCUT2D eigenvalue weighted by Gasteiger charge is -2.25. The summed E-state index contributed by atoms with van der Waals surface area (Å²) in [5.74, 6) is 0.583. The molecule has 2 aromatic heterocycles. The molecular formula is C14H21N7O2. The molecule has 23 heavy (non-hydrogen) atoms. The number of hydrogen-bond donors (Lipinski definition) is 2. The first-order valence-corrected chi connectivity index (χ1v) is 7.81. The molecule has 0 aromatic carbocycles. The zero-order chi connectivity index (χ0) is 16.4. The molecule has 3 N–H and O–H groups in total. The SMILES string of the molecule is Cc1noc([C@H](C)NC(=O)c2cn(C3CCC(N)CC3)nn2)n1. The number of nitrogens with one attached hydrogen (secondary N) is 1. The zero-order valence-electron chi connectivity index (χ0n) is 13.3. The molecule has 1 aliphatic carbocycles. The summed E-state index contributed by atoms with van der Waals surface area (Å²) in [6.45, 7) is 3.50. The van der Waals surface area contributed by atoms with Crippen LogP contribution in [0.3, 0.4) is 0 Å². The molecule has 2 heterocycles. The van der Waals surface area contributed by atoms with Crippen LogP contribution in [0.15, 0.2) is 10.7 Å². The molecular weight excluding hydrogens is 298 g/mol. The Morgan fingerprint density at radius 1 is 1.43 bits per heavy atom. The van der Waals surface area contributed by atoms with Gasteiger partial charge >= 0.3 is 0 Å². The van der Waals surface area contributed by atoms with E-state index in [0.29, 0.717) is 11.7 Å². The molecule has 1 atom stereocenters. The van der Waals surface area contributed by atoms with Crippen LogP contribution in [0.1, 0.15) is 66.9 Å². The molecule has 9 heteroatoms. The average Bonchev–Trinajstić information content (AvgIpc) is 3.17. The van der Waals surface area contributed by atoms with Crippen molar-refractivity contribution in [2.45, 2.75) is 57.7 Å². The number of carbonyl (C=O) groups excluding carboxylic acids is 1. The third-order valence-electron chi connectivity index (χ3n) is 4.12. The predicted octanol–water partition coefficient (Wildman–Crippen LogP) is 0.903. The minimum Gasteiger partial charge on any atom is -0.339 e. The van der Waals surface area contributed by atoms with Gasteiger partial charge in [-0.05, 0) is 39.5 Å². The van der Waals surface area contributed by atoms with E-state index >= 15 is 0 Å². The first-order valence-electron chi connectivity index (χ1n) is 7.81. The van der Waals surface area contributed by atoms with Gasteiger partial charge in [-0.25, -0.2) is 4.68 Å². The number of aromatic nitrogens is 5. The van der Waals surface area contributed by atoms with Crippen LogP contribution >= 0.6 is 0 Å². The van der Waals surface area contributed by atoms with Gasteiger partial charge in [0.1, 0.15) is 6.04 Å². The Morgan fingerprint density at radius 2 is 2.17 bits per heavy atom. The largest absolute Gasteiger partial charge is 0.339 e. The second-order valence-electron chi connectivity index (χ2n) is 6.03. The lowest BCUT2D eigenvalue weighted by Crippen LogP contribution is -2.28. The Hall–Kier alpha value is -2.29. The highest BCUT2D eigenvalue weighted by Gasteiger charge is 2.23. The number of hydrogen-bond acceptors (Lipinski definition) is 7. The molecule has 0 unspecified atom stereocenters. The fourth-order valence-electron chi connectivity index (χ4n) is 2.75. The quantitative estimate of drug-likeness (QED) is 0.857. The van der Waals surface area contributed by atoms with Gasteiger partial charge in [-0.3, -0.25) is 4.79 Å². The van der Waals surface area contributed by atoms with Crippen LogP contribution in [-0.2, 0) is 0 Å². The van der Waals surface area contributed by atoms with Crippen molar-refractivity contribution in [1.82, 2.24) is 30.5 Å². The summed E-state index contributed by atoms with van der Waals surface area (Å²) >= 11 is 0. The second-order valence-corrected chi connectivity index (χ2v) is 6.03. The normalized spacial score (nSPS) is 22.7. The second kappa shape index (κ2) is 6.45. The smallest absolute Gasteiger partial charge is 0.274 e. The van der Waals surface area contributed by atoms with E-state index in [2.05, 4.69) is 25.8 Å². The Morgan fingerprint density at radius 3 is 2.83 bits per heavy atom. The summed E-state index contributed by atoms with van der Waals surface area (Å²) in [6.07, 6.45) is 5.55. The number of carbonyl (C=O) groups is 1. The van der Waals surface area contributed by atoms with Crippen LogP contribution < -0.4 is 11.1 Å². The number of amides is 1. The number of rotatable bonds is 4. The summed E-state index contributed by atoms with van der Waals surface area (Å²) in [4.78, 5) is 16.3. The third kappa shape index (κ3) is 3.55. The lowest BCUT2D eigenvalue weighted by molar-refractivity contribution is 0.0927. The highest BCUT2D eigenvalue weighted by atomic mass is 16.5. The van der Waals surface area contributed by atoms with E-state index < -0.39 is 0 Å². The molecule has 124 valence electrons. The predicted molar refractivity (Wildman–Crippen MR) is 80.4 cm³/mol. The van der Waals surface area contributed by atoms with Crippen molar-refractivity contribution in [3.63, 3.8) is 0 Å². The molecule has 1 saturated carbocycles. The summed E-state index contributed by atoms with van der Waals surface area (Å²) in [5, 5.41) is 14.5. The lowest BCUT2D eigenvalue weighted by atomic mass is 9.92. The van der Waals surface area contributed by atoms with Crippen LogP contribution in [0.5, 0.6) is 0 Å². The summed E-state index contributed by atoms with van der Waals surface area (Å²) in [5.41, 5.74) is 6.19. The highest BCUT2D eigenvalue weighted by molar-refractivity contribution is 5.92. The van der Waals surface area contributed by atoms with Crippen molar-refractivity contribution in [2.24, 2.45) is 5.73 Å². The first-order chi connectivity index (χ1) is 11.0. The molecule has 1 amide bonds.